The van der Waals surface area contributed by atoms with E-state index in [-0.39, 0.29) is 5.78 Å². The third kappa shape index (κ3) is 6.02. The number of hydrogen-bond donors (Lipinski definition) is 2. The maximum Gasteiger partial charge on any atom is 0.204 e. The standard InChI is InChI=1S/C31H34NO3P/c1-2-3-4-11-20-29(31(34)30(33)26-22-21-24-14-12-13-15-25(24)23-26)32-36(35,27-16-7-5-8-17-27)28-18-9-6-10-19-28/h5-10,12-19,21-23,29,31,34H,2-4,11,20H2,1H3,(H,32,35)/t29-,31-/m0/s1. The van der Waals surface area contributed by atoms with Crippen LogP contribution in [0, 0.1) is 0 Å². The van der Waals surface area contributed by atoms with Crippen molar-refractivity contribution in [3.05, 3.63) is 109 Å². The maximum absolute atomic E-state index is 14.6. The molecule has 0 bridgehead atoms. The summed E-state index contributed by atoms with van der Waals surface area (Å²) in [5.41, 5.74) is 0.454. The van der Waals surface area contributed by atoms with Gasteiger partial charge in [-0.1, -0.05) is 105 Å². The number of benzene rings is 4. The van der Waals surface area contributed by atoms with Crippen LogP contribution in [0.15, 0.2) is 103 Å². The molecule has 2 N–H and O–H groups in total. The monoisotopic (exact) mass is 499 g/mol. The molecular weight excluding hydrogens is 465 g/mol. The summed E-state index contributed by atoms with van der Waals surface area (Å²) < 4.78 is 14.6. The lowest BCUT2D eigenvalue weighted by Gasteiger charge is -2.30. The molecule has 0 saturated carbocycles. The number of rotatable bonds is 12. The SMILES string of the molecule is CCCCCC[C@H](NP(=O)(c1ccccc1)c1ccccc1)[C@H](O)C(=O)c1ccc2ccccc2c1. The highest BCUT2D eigenvalue weighted by atomic mass is 31.2. The summed E-state index contributed by atoms with van der Waals surface area (Å²) >= 11 is 0. The lowest BCUT2D eigenvalue weighted by Crippen LogP contribution is -2.46. The fourth-order valence-electron chi connectivity index (χ4n) is 4.59. The predicted molar refractivity (Wildman–Crippen MR) is 150 cm³/mol. The number of carbonyl (C=O) groups excluding carboxylic acids is 1. The van der Waals surface area contributed by atoms with Crippen molar-refractivity contribution < 1.29 is 14.5 Å². The topological polar surface area (TPSA) is 66.4 Å². The molecule has 0 amide bonds. The Morgan fingerprint density at radius 2 is 1.36 bits per heavy atom. The molecule has 4 rings (SSSR count). The highest BCUT2D eigenvalue weighted by molar-refractivity contribution is 7.76. The van der Waals surface area contributed by atoms with E-state index in [2.05, 4.69) is 12.0 Å². The first-order chi connectivity index (χ1) is 17.5. The average molecular weight is 500 g/mol. The van der Waals surface area contributed by atoms with Gasteiger partial charge in [0.15, 0.2) is 5.78 Å². The first kappa shape index (κ1) is 26.0. The summed E-state index contributed by atoms with van der Waals surface area (Å²) in [6.07, 6.45) is 3.21. The molecule has 186 valence electrons. The van der Waals surface area contributed by atoms with E-state index in [4.69, 9.17) is 0 Å². The van der Waals surface area contributed by atoms with Crippen LogP contribution in [0.5, 0.6) is 0 Å². The zero-order chi connectivity index (χ0) is 25.4. The molecule has 4 nitrogen and oxygen atoms in total. The molecule has 0 aliphatic carbocycles. The molecular formula is C31H34NO3P. The summed E-state index contributed by atoms with van der Waals surface area (Å²) in [6.45, 7) is 2.15. The molecule has 0 radical (unpaired) electrons. The van der Waals surface area contributed by atoms with Crippen molar-refractivity contribution in [1.82, 2.24) is 5.09 Å². The van der Waals surface area contributed by atoms with Crippen LogP contribution in [-0.2, 0) is 4.57 Å². The molecule has 2 atom stereocenters. The molecule has 0 fully saturated rings. The number of ketones is 1. The Balaban J connectivity index is 1.67. The second-order valence-corrected chi connectivity index (χ2v) is 11.7. The Morgan fingerprint density at radius 1 is 0.778 bits per heavy atom. The maximum atomic E-state index is 14.6. The van der Waals surface area contributed by atoms with E-state index in [1.54, 1.807) is 6.07 Å². The van der Waals surface area contributed by atoms with Crippen molar-refractivity contribution in [2.75, 3.05) is 0 Å². The Bertz CT molecular complexity index is 1280. The van der Waals surface area contributed by atoms with Gasteiger partial charge < -0.3 is 5.11 Å². The minimum atomic E-state index is -3.32. The first-order valence-corrected chi connectivity index (χ1v) is 14.4. The van der Waals surface area contributed by atoms with E-state index in [1.165, 1.54) is 0 Å². The lowest BCUT2D eigenvalue weighted by molar-refractivity contribution is 0.0669. The van der Waals surface area contributed by atoms with Gasteiger partial charge >= 0.3 is 0 Å². The summed E-state index contributed by atoms with van der Waals surface area (Å²) in [4.78, 5) is 13.5. The second-order valence-electron chi connectivity index (χ2n) is 9.24. The minimum Gasteiger partial charge on any atom is -0.383 e. The predicted octanol–water partition coefficient (Wildman–Crippen LogP) is 6.24. The van der Waals surface area contributed by atoms with Gasteiger partial charge in [0.2, 0.25) is 7.29 Å². The number of fused-ring (bicyclic) bond motifs is 1. The van der Waals surface area contributed by atoms with Crippen LogP contribution in [0.25, 0.3) is 10.8 Å². The van der Waals surface area contributed by atoms with Gasteiger partial charge in [-0.25, -0.2) is 0 Å². The van der Waals surface area contributed by atoms with Gasteiger partial charge in [0.1, 0.15) is 6.10 Å². The van der Waals surface area contributed by atoms with E-state index >= 15 is 0 Å². The van der Waals surface area contributed by atoms with Crippen molar-refractivity contribution in [1.29, 1.82) is 0 Å². The molecule has 4 aromatic carbocycles. The zero-order valence-electron chi connectivity index (χ0n) is 20.7. The lowest BCUT2D eigenvalue weighted by atomic mass is 9.95. The van der Waals surface area contributed by atoms with Gasteiger partial charge in [-0.05, 0) is 47.5 Å². The number of hydrogen-bond acceptors (Lipinski definition) is 3. The normalized spacial score (nSPS) is 13.4. The fraction of sp³-hybridized carbons (Fsp3) is 0.258. The number of Topliss-reactive ketones (excluding diaryl/α,β-unsaturated/α-hetero) is 1. The van der Waals surface area contributed by atoms with Crippen molar-refractivity contribution in [3.8, 4) is 0 Å². The summed E-state index contributed by atoms with van der Waals surface area (Å²) in [5.74, 6) is -0.360. The molecule has 0 saturated heterocycles. The molecule has 0 aliphatic rings. The van der Waals surface area contributed by atoms with E-state index < -0.39 is 19.4 Å². The van der Waals surface area contributed by atoms with E-state index in [9.17, 15) is 14.5 Å². The Labute approximate surface area is 213 Å². The average Bonchev–Trinajstić information content (AvgIpc) is 2.94. The summed E-state index contributed by atoms with van der Waals surface area (Å²) in [7, 11) is -3.32. The third-order valence-electron chi connectivity index (χ3n) is 6.64. The Morgan fingerprint density at radius 3 is 1.97 bits per heavy atom. The van der Waals surface area contributed by atoms with Gasteiger partial charge in [-0.3, -0.25) is 14.4 Å². The minimum absolute atomic E-state index is 0.360. The number of aliphatic hydroxyl groups is 1. The van der Waals surface area contributed by atoms with Crippen LogP contribution < -0.4 is 15.7 Å². The molecule has 0 unspecified atom stereocenters. The third-order valence-corrected chi connectivity index (χ3v) is 9.39. The van der Waals surface area contributed by atoms with Gasteiger partial charge in [-0.15, -0.1) is 0 Å². The van der Waals surface area contributed by atoms with E-state index in [0.29, 0.717) is 22.6 Å². The summed E-state index contributed by atoms with van der Waals surface area (Å²) in [5, 5.41) is 18.0. The molecule has 5 heteroatoms. The number of carbonyl (C=O) groups is 1. The molecule has 0 aliphatic heterocycles. The van der Waals surface area contributed by atoms with E-state index in [0.717, 1.165) is 36.5 Å². The molecule has 0 aromatic heterocycles. The van der Waals surface area contributed by atoms with Gasteiger partial charge in [0, 0.05) is 22.2 Å². The van der Waals surface area contributed by atoms with Gasteiger partial charge in [-0.2, -0.15) is 0 Å². The highest BCUT2D eigenvalue weighted by Crippen LogP contribution is 2.40. The largest absolute Gasteiger partial charge is 0.383 e. The number of nitrogens with one attached hydrogen (secondary N) is 1. The quantitative estimate of drug-likeness (QED) is 0.138. The number of aliphatic hydroxyl groups excluding tert-OH is 1. The van der Waals surface area contributed by atoms with Crippen LogP contribution in [0.2, 0.25) is 0 Å². The van der Waals surface area contributed by atoms with Crippen LogP contribution in [-0.4, -0.2) is 23.0 Å². The number of unbranched alkanes of at least 4 members (excludes halogenated alkanes) is 3. The van der Waals surface area contributed by atoms with Crippen molar-refractivity contribution in [2.24, 2.45) is 0 Å². The van der Waals surface area contributed by atoms with Gasteiger partial charge in [0.25, 0.3) is 0 Å². The first-order valence-electron chi connectivity index (χ1n) is 12.7. The summed E-state index contributed by atoms with van der Waals surface area (Å²) in [6, 6.07) is 31.2. The Hall–Kier alpha value is -3.04. The van der Waals surface area contributed by atoms with Crippen molar-refractivity contribution in [2.45, 2.75) is 51.2 Å². The fourth-order valence-corrected chi connectivity index (χ4v) is 7.11. The second kappa shape index (κ2) is 12.3. The highest BCUT2D eigenvalue weighted by Gasteiger charge is 2.35. The molecule has 4 aromatic rings. The van der Waals surface area contributed by atoms with Crippen LogP contribution in [0.3, 0.4) is 0 Å². The van der Waals surface area contributed by atoms with Gasteiger partial charge in [0.05, 0.1) is 0 Å². The van der Waals surface area contributed by atoms with E-state index in [1.807, 2.05) is 97.1 Å². The van der Waals surface area contributed by atoms with Crippen LogP contribution in [0.4, 0.5) is 0 Å². The zero-order valence-corrected chi connectivity index (χ0v) is 21.6. The Kier molecular flexibility index (Phi) is 8.88. The van der Waals surface area contributed by atoms with Crippen molar-refractivity contribution >= 4 is 34.5 Å². The smallest absolute Gasteiger partial charge is 0.204 e. The molecule has 0 spiro atoms. The van der Waals surface area contributed by atoms with Crippen LogP contribution >= 0.6 is 7.29 Å². The molecule has 36 heavy (non-hydrogen) atoms. The van der Waals surface area contributed by atoms with Crippen LogP contribution in [0.1, 0.15) is 49.4 Å². The van der Waals surface area contributed by atoms with Crippen molar-refractivity contribution in [3.63, 3.8) is 0 Å². The molecule has 0 heterocycles.